The van der Waals surface area contributed by atoms with Gasteiger partial charge in [-0.2, -0.15) is 0 Å². The Balaban J connectivity index is 1.50. The third-order valence-electron chi connectivity index (χ3n) is 4.96. The van der Waals surface area contributed by atoms with Crippen molar-refractivity contribution in [2.75, 3.05) is 50.0 Å². The summed E-state index contributed by atoms with van der Waals surface area (Å²) in [4.78, 5) is 26.8. The molecule has 10 heteroatoms. The Hall–Kier alpha value is -2.59. The van der Waals surface area contributed by atoms with Gasteiger partial charge in [0.1, 0.15) is 0 Å². The van der Waals surface area contributed by atoms with E-state index >= 15 is 0 Å². The van der Waals surface area contributed by atoms with E-state index in [0.717, 1.165) is 41.2 Å². The van der Waals surface area contributed by atoms with E-state index in [2.05, 4.69) is 44.0 Å². The van der Waals surface area contributed by atoms with Gasteiger partial charge in [-0.15, -0.1) is 10.2 Å². The molecule has 0 unspecified atom stereocenters. The summed E-state index contributed by atoms with van der Waals surface area (Å²) >= 11 is 1.58. The van der Waals surface area contributed by atoms with Crippen LogP contribution < -0.4 is 10.2 Å². The van der Waals surface area contributed by atoms with Gasteiger partial charge in [-0.25, -0.2) is 4.79 Å². The summed E-state index contributed by atoms with van der Waals surface area (Å²) in [6.07, 6.45) is 0.692. The average molecular weight is 417 g/mol. The number of benzene rings is 1. The lowest BCUT2D eigenvalue weighted by Crippen LogP contribution is -2.38. The zero-order chi connectivity index (χ0) is 20.2. The van der Waals surface area contributed by atoms with Crippen molar-refractivity contribution >= 4 is 29.6 Å². The van der Waals surface area contributed by atoms with Crippen molar-refractivity contribution in [2.24, 2.45) is 0 Å². The maximum absolute atomic E-state index is 11.7. The number of aromatic nitrogens is 3. The van der Waals surface area contributed by atoms with Crippen molar-refractivity contribution in [3.8, 4) is 5.69 Å². The molecule has 2 aliphatic heterocycles. The van der Waals surface area contributed by atoms with Crippen molar-refractivity contribution in [1.29, 1.82) is 0 Å². The number of hydrogen-bond acceptors (Lipinski definition) is 7. The highest BCUT2D eigenvalue weighted by Crippen LogP contribution is 2.29. The zero-order valence-corrected chi connectivity index (χ0v) is 17.2. The third-order valence-corrected chi connectivity index (χ3v) is 5.98. The molecule has 1 aromatic carbocycles. The molecule has 4 rings (SSSR count). The molecule has 29 heavy (non-hydrogen) atoms. The largest absolute Gasteiger partial charge is 0.378 e. The molecule has 0 atom stereocenters. The Morgan fingerprint density at radius 3 is 2.69 bits per heavy atom. The number of carbonyl (C=O) groups is 2. The minimum absolute atomic E-state index is 0.0937. The van der Waals surface area contributed by atoms with E-state index in [4.69, 9.17) is 4.74 Å². The number of morpholine rings is 1. The molecule has 1 N–H and O–H groups in total. The molecule has 2 saturated heterocycles. The molecule has 2 aliphatic rings. The van der Waals surface area contributed by atoms with Crippen LogP contribution in [-0.4, -0.2) is 76.7 Å². The number of para-hydroxylation sites is 1. The first-order valence-electron chi connectivity index (χ1n) is 9.70. The Kier molecular flexibility index (Phi) is 6.00. The van der Waals surface area contributed by atoms with Gasteiger partial charge >= 0.3 is 6.03 Å². The van der Waals surface area contributed by atoms with Crippen LogP contribution in [0.4, 0.5) is 10.7 Å². The summed E-state index contributed by atoms with van der Waals surface area (Å²) in [5.74, 6) is 1.38. The minimum Gasteiger partial charge on any atom is -0.378 e. The van der Waals surface area contributed by atoms with E-state index in [1.807, 2.05) is 12.1 Å². The normalized spacial score (nSPS) is 17.1. The molecule has 3 heterocycles. The van der Waals surface area contributed by atoms with Crippen LogP contribution in [0.5, 0.6) is 0 Å². The number of imide groups is 1. The van der Waals surface area contributed by atoms with Crippen molar-refractivity contribution in [1.82, 2.24) is 25.0 Å². The number of thioether (sulfide) groups is 1. The van der Waals surface area contributed by atoms with Gasteiger partial charge in [-0.3, -0.25) is 14.3 Å². The van der Waals surface area contributed by atoms with E-state index < -0.39 is 0 Å². The van der Waals surface area contributed by atoms with Crippen molar-refractivity contribution in [2.45, 2.75) is 18.5 Å². The zero-order valence-electron chi connectivity index (χ0n) is 16.3. The SMILES string of the molecule is Cc1ccccc1-n1c(SCCCN2C(=O)CNC2=O)nnc1N1CCOCC1. The van der Waals surface area contributed by atoms with Crippen molar-refractivity contribution < 1.29 is 14.3 Å². The van der Waals surface area contributed by atoms with Gasteiger partial charge in [0.2, 0.25) is 11.9 Å². The predicted molar refractivity (Wildman–Crippen MR) is 110 cm³/mol. The summed E-state index contributed by atoms with van der Waals surface area (Å²) in [5.41, 5.74) is 2.19. The molecular weight excluding hydrogens is 392 g/mol. The Labute approximate surface area is 173 Å². The van der Waals surface area contributed by atoms with Gasteiger partial charge in [0.05, 0.1) is 25.4 Å². The monoisotopic (exact) mass is 416 g/mol. The third kappa shape index (κ3) is 4.23. The van der Waals surface area contributed by atoms with Crippen LogP contribution in [0.25, 0.3) is 5.69 Å². The Morgan fingerprint density at radius 1 is 1.17 bits per heavy atom. The number of nitrogens with zero attached hydrogens (tertiary/aromatic N) is 5. The number of aryl methyl sites for hydroxylation is 1. The molecule has 2 aromatic rings. The number of carbonyl (C=O) groups excluding carboxylic acids is 2. The second-order valence-electron chi connectivity index (χ2n) is 6.91. The van der Waals surface area contributed by atoms with Crippen molar-refractivity contribution in [3.63, 3.8) is 0 Å². The molecule has 2 fully saturated rings. The number of urea groups is 1. The first kappa shape index (κ1) is 19.7. The average Bonchev–Trinajstić information content (AvgIpc) is 3.30. The van der Waals surface area contributed by atoms with E-state index in [1.165, 1.54) is 4.90 Å². The smallest absolute Gasteiger partial charge is 0.324 e. The molecular formula is C19H24N6O3S. The van der Waals surface area contributed by atoms with Gasteiger partial charge in [-0.1, -0.05) is 30.0 Å². The van der Waals surface area contributed by atoms with Gasteiger partial charge < -0.3 is 15.0 Å². The number of rotatable bonds is 7. The number of anilines is 1. The lowest BCUT2D eigenvalue weighted by molar-refractivity contribution is -0.124. The highest BCUT2D eigenvalue weighted by Gasteiger charge is 2.28. The Bertz CT molecular complexity index is 880. The molecule has 3 amide bonds. The minimum atomic E-state index is -0.308. The number of ether oxygens (including phenoxy) is 1. The molecule has 0 radical (unpaired) electrons. The molecule has 0 aliphatic carbocycles. The van der Waals surface area contributed by atoms with Crippen LogP contribution in [-0.2, 0) is 9.53 Å². The first-order valence-corrected chi connectivity index (χ1v) is 10.7. The van der Waals surface area contributed by atoms with Gasteiger partial charge in [0, 0.05) is 25.4 Å². The second kappa shape index (κ2) is 8.83. The van der Waals surface area contributed by atoms with E-state index in [1.54, 1.807) is 11.8 Å². The fourth-order valence-corrected chi connectivity index (χ4v) is 4.28. The van der Waals surface area contributed by atoms with E-state index in [9.17, 15) is 9.59 Å². The van der Waals surface area contributed by atoms with Gasteiger partial charge in [0.25, 0.3) is 0 Å². The summed E-state index contributed by atoms with van der Waals surface area (Å²) in [6, 6.07) is 7.86. The summed E-state index contributed by atoms with van der Waals surface area (Å²) in [6.45, 7) is 5.49. The standard InChI is InChI=1S/C19H24N6O3S/c1-14-5-2-3-6-15(14)25-17(23-8-10-28-11-9-23)21-22-19(25)29-12-4-7-24-16(26)13-20-18(24)27/h2-3,5-6H,4,7-13H2,1H3,(H,20,27). The number of amides is 3. The maximum Gasteiger partial charge on any atom is 0.324 e. The molecule has 1 aromatic heterocycles. The fraction of sp³-hybridized carbons (Fsp3) is 0.474. The van der Waals surface area contributed by atoms with Crippen LogP contribution in [0.1, 0.15) is 12.0 Å². The summed E-state index contributed by atoms with van der Waals surface area (Å²) < 4.78 is 7.57. The van der Waals surface area contributed by atoms with Crippen LogP contribution >= 0.6 is 11.8 Å². The molecule has 0 bridgehead atoms. The maximum atomic E-state index is 11.7. The lowest BCUT2D eigenvalue weighted by Gasteiger charge is -2.28. The first-order chi connectivity index (χ1) is 14.1. The topological polar surface area (TPSA) is 92.6 Å². The summed E-state index contributed by atoms with van der Waals surface area (Å²) in [5, 5.41) is 12.3. The molecule has 0 spiro atoms. The highest BCUT2D eigenvalue weighted by atomic mass is 32.2. The molecule has 154 valence electrons. The quantitative estimate of drug-likeness (QED) is 0.415. The highest BCUT2D eigenvalue weighted by molar-refractivity contribution is 7.99. The number of nitrogens with one attached hydrogen (secondary N) is 1. The fourth-order valence-electron chi connectivity index (χ4n) is 3.42. The Morgan fingerprint density at radius 2 is 1.97 bits per heavy atom. The predicted octanol–water partition coefficient (Wildman–Crippen LogP) is 1.45. The molecule has 0 saturated carbocycles. The van der Waals surface area contributed by atoms with Gasteiger partial charge in [-0.05, 0) is 25.0 Å². The second-order valence-corrected chi connectivity index (χ2v) is 7.97. The van der Waals surface area contributed by atoms with Crippen molar-refractivity contribution in [3.05, 3.63) is 29.8 Å². The summed E-state index contributed by atoms with van der Waals surface area (Å²) in [7, 11) is 0. The van der Waals surface area contributed by atoms with Crippen LogP contribution in [0, 0.1) is 6.92 Å². The van der Waals surface area contributed by atoms with Crippen LogP contribution in [0.15, 0.2) is 29.4 Å². The van der Waals surface area contributed by atoms with E-state index in [-0.39, 0.29) is 18.5 Å². The number of hydrogen-bond donors (Lipinski definition) is 1. The van der Waals surface area contributed by atoms with Gasteiger partial charge in [0.15, 0.2) is 5.16 Å². The molecule has 9 nitrogen and oxygen atoms in total. The lowest BCUT2D eigenvalue weighted by atomic mass is 10.2. The van der Waals surface area contributed by atoms with Crippen LogP contribution in [0.3, 0.4) is 0 Å². The van der Waals surface area contributed by atoms with E-state index in [0.29, 0.717) is 26.2 Å². The van der Waals surface area contributed by atoms with Crippen LogP contribution in [0.2, 0.25) is 0 Å².